The Morgan fingerprint density at radius 2 is 1.70 bits per heavy atom. The van der Waals surface area contributed by atoms with Crippen LogP contribution in [0.1, 0.15) is 41.0 Å². The van der Waals surface area contributed by atoms with Gasteiger partial charge in [-0.1, -0.05) is 62.4 Å². The van der Waals surface area contributed by atoms with E-state index in [1.54, 1.807) is 13.2 Å². The maximum absolute atomic E-state index is 13.0. The average molecular weight is 405 g/mol. The van der Waals surface area contributed by atoms with Gasteiger partial charge < -0.3 is 10.2 Å². The minimum Gasteiger partial charge on any atom is -0.332 e. The van der Waals surface area contributed by atoms with E-state index < -0.39 is 0 Å². The predicted molar refractivity (Wildman–Crippen MR) is 119 cm³/mol. The van der Waals surface area contributed by atoms with Crippen LogP contribution < -0.4 is 5.32 Å². The first kappa shape index (κ1) is 21.3. The number of likely N-dealkylation sites (N-methyl/N-ethyl adjacent to an activating group) is 1. The summed E-state index contributed by atoms with van der Waals surface area (Å²) in [5.74, 6) is -0.424. The van der Waals surface area contributed by atoms with Crippen LogP contribution in [-0.4, -0.2) is 40.1 Å². The van der Waals surface area contributed by atoms with Crippen LogP contribution in [0.2, 0.25) is 0 Å². The zero-order valence-electron chi connectivity index (χ0n) is 17.8. The maximum atomic E-state index is 13.0. The number of benzene rings is 2. The number of rotatable bonds is 8. The number of aromatic nitrogens is 2. The summed E-state index contributed by atoms with van der Waals surface area (Å²) in [4.78, 5) is 26.9. The Kier molecular flexibility index (Phi) is 7.01. The molecule has 6 heteroatoms. The molecule has 1 aromatic heterocycles. The van der Waals surface area contributed by atoms with Crippen molar-refractivity contribution in [2.45, 2.75) is 33.2 Å². The van der Waals surface area contributed by atoms with Crippen molar-refractivity contribution in [2.75, 3.05) is 18.9 Å². The molecule has 0 fully saturated rings. The number of carbonyl (C=O) groups excluding carboxylic acids is 2. The van der Waals surface area contributed by atoms with E-state index in [1.165, 1.54) is 4.90 Å². The molecule has 3 aromatic rings. The molecule has 3 rings (SSSR count). The van der Waals surface area contributed by atoms with Gasteiger partial charge in [-0.15, -0.1) is 0 Å². The third-order valence-electron chi connectivity index (χ3n) is 5.09. The highest BCUT2D eigenvalue weighted by Crippen LogP contribution is 2.17. The number of nitrogens with zero attached hydrogens (tertiary/aromatic N) is 3. The molecule has 0 saturated carbocycles. The topological polar surface area (TPSA) is 67.2 Å². The zero-order valence-corrected chi connectivity index (χ0v) is 17.8. The minimum atomic E-state index is -0.221. The van der Waals surface area contributed by atoms with Gasteiger partial charge >= 0.3 is 0 Å². The lowest BCUT2D eigenvalue weighted by Crippen LogP contribution is -2.35. The smallest absolute Gasteiger partial charge is 0.257 e. The summed E-state index contributed by atoms with van der Waals surface area (Å²) in [6, 6.07) is 17.7. The van der Waals surface area contributed by atoms with Crippen molar-refractivity contribution < 1.29 is 9.59 Å². The second kappa shape index (κ2) is 9.87. The summed E-state index contributed by atoms with van der Waals surface area (Å²) in [5, 5.41) is 7.34. The van der Waals surface area contributed by atoms with Crippen LogP contribution in [0.15, 0.2) is 60.8 Å². The molecular formula is C24H28N4O2. The fourth-order valence-corrected chi connectivity index (χ4v) is 3.49. The van der Waals surface area contributed by atoms with Gasteiger partial charge in [0.05, 0.1) is 30.5 Å². The van der Waals surface area contributed by atoms with Crippen LogP contribution in [0.3, 0.4) is 0 Å². The Bertz CT molecular complexity index is 1010. The summed E-state index contributed by atoms with van der Waals surface area (Å²) in [6.07, 6.45) is 3.11. The summed E-state index contributed by atoms with van der Waals surface area (Å²) >= 11 is 0. The van der Waals surface area contributed by atoms with Crippen LogP contribution in [0.25, 0.3) is 0 Å². The van der Waals surface area contributed by atoms with Gasteiger partial charge in [-0.05, 0) is 30.0 Å². The van der Waals surface area contributed by atoms with Crippen LogP contribution in [-0.2, 0) is 24.2 Å². The van der Waals surface area contributed by atoms with E-state index in [0.29, 0.717) is 18.5 Å². The van der Waals surface area contributed by atoms with E-state index in [1.807, 2.05) is 73.1 Å². The highest BCUT2D eigenvalue weighted by Gasteiger charge is 2.21. The first-order valence-electron chi connectivity index (χ1n) is 10.2. The molecule has 0 spiro atoms. The van der Waals surface area contributed by atoms with Gasteiger partial charge in [0.1, 0.15) is 0 Å². The lowest BCUT2D eigenvalue weighted by molar-refractivity contribution is -0.116. The third-order valence-corrected chi connectivity index (χ3v) is 5.09. The third kappa shape index (κ3) is 4.95. The lowest BCUT2D eigenvalue weighted by Gasteiger charge is -2.18. The molecule has 0 saturated heterocycles. The summed E-state index contributed by atoms with van der Waals surface area (Å²) in [5.41, 5.74) is 4.38. The lowest BCUT2D eigenvalue weighted by atomic mass is 10.1. The normalized spacial score (nSPS) is 10.6. The number of hydrogen-bond donors (Lipinski definition) is 1. The average Bonchev–Trinajstić information content (AvgIpc) is 3.16. The zero-order chi connectivity index (χ0) is 21.5. The predicted octanol–water partition coefficient (Wildman–Crippen LogP) is 3.77. The monoisotopic (exact) mass is 404 g/mol. The highest BCUT2D eigenvalue weighted by atomic mass is 16.2. The molecule has 1 heterocycles. The van der Waals surface area contributed by atoms with E-state index >= 15 is 0 Å². The van der Waals surface area contributed by atoms with Gasteiger partial charge in [-0.3, -0.25) is 14.3 Å². The molecule has 0 radical (unpaired) electrons. The van der Waals surface area contributed by atoms with Gasteiger partial charge in [-0.2, -0.15) is 5.10 Å². The van der Waals surface area contributed by atoms with E-state index in [4.69, 9.17) is 0 Å². The van der Waals surface area contributed by atoms with E-state index in [0.717, 1.165) is 28.9 Å². The number of hydrogen-bond acceptors (Lipinski definition) is 3. The number of aryl methyl sites for hydroxylation is 1. The van der Waals surface area contributed by atoms with E-state index in [9.17, 15) is 9.59 Å². The summed E-state index contributed by atoms with van der Waals surface area (Å²) in [7, 11) is 1.64. The number of para-hydroxylation sites is 1. The Hall–Kier alpha value is -3.41. The molecule has 2 aromatic carbocycles. The molecule has 1 N–H and O–H groups in total. The molecule has 0 aliphatic heterocycles. The summed E-state index contributed by atoms with van der Waals surface area (Å²) in [6.45, 7) is 4.63. The molecule has 0 atom stereocenters. The van der Waals surface area contributed by atoms with Gasteiger partial charge in [0.25, 0.3) is 5.91 Å². The second-order valence-corrected chi connectivity index (χ2v) is 7.22. The van der Waals surface area contributed by atoms with Gasteiger partial charge in [0, 0.05) is 12.7 Å². The highest BCUT2D eigenvalue weighted by molar-refractivity contribution is 6.00. The van der Waals surface area contributed by atoms with Gasteiger partial charge in [-0.25, -0.2) is 0 Å². The molecule has 0 unspecified atom stereocenters. The van der Waals surface area contributed by atoms with Crippen LogP contribution in [0, 0.1) is 0 Å². The van der Waals surface area contributed by atoms with Crippen molar-refractivity contribution in [1.82, 2.24) is 14.7 Å². The van der Waals surface area contributed by atoms with Crippen LogP contribution in [0.4, 0.5) is 5.69 Å². The second-order valence-electron chi connectivity index (χ2n) is 7.22. The van der Waals surface area contributed by atoms with E-state index in [2.05, 4.69) is 10.4 Å². The molecule has 30 heavy (non-hydrogen) atoms. The number of anilines is 1. The van der Waals surface area contributed by atoms with Crippen molar-refractivity contribution in [3.8, 4) is 0 Å². The Morgan fingerprint density at radius 1 is 1.00 bits per heavy atom. The van der Waals surface area contributed by atoms with Crippen molar-refractivity contribution in [1.29, 1.82) is 0 Å². The first-order valence-corrected chi connectivity index (χ1v) is 10.2. The van der Waals surface area contributed by atoms with Crippen molar-refractivity contribution in [3.05, 3.63) is 83.2 Å². The number of nitrogens with one attached hydrogen (secondary N) is 1. The standard InChI is InChI=1S/C24H28N4O2/c1-4-19-13-9-10-14-21(19)26-23(29)17-27(3)24(30)20-15-25-28(22(20)5-2)16-18-11-7-6-8-12-18/h6-15H,4-5,16-17H2,1-3H3,(H,26,29). The molecule has 2 amide bonds. The molecule has 0 aliphatic carbocycles. The fourth-order valence-electron chi connectivity index (χ4n) is 3.49. The quantitative estimate of drug-likeness (QED) is 0.621. The molecule has 0 aliphatic rings. The summed E-state index contributed by atoms with van der Waals surface area (Å²) < 4.78 is 1.86. The molecular weight excluding hydrogens is 376 g/mol. The largest absolute Gasteiger partial charge is 0.332 e. The molecule has 6 nitrogen and oxygen atoms in total. The Balaban J connectivity index is 1.69. The van der Waals surface area contributed by atoms with Gasteiger partial charge in [0.2, 0.25) is 5.91 Å². The van der Waals surface area contributed by atoms with E-state index in [-0.39, 0.29) is 18.4 Å². The van der Waals surface area contributed by atoms with Crippen molar-refractivity contribution in [3.63, 3.8) is 0 Å². The maximum Gasteiger partial charge on any atom is 0.257 e. The molecule has 0 bridgehead atoms. The van der Waals surface area contributed by atoms with Crippen LogP contribution >= 0.6 is 0 Å². The Morgan fingerprint density at radius 3 is 2.40 bits per heavy atom. The van der Waals surface area contributed by atoms with Gasteiger partial charge in [0.15, 0.2) is 0 Å². The van der Waals surface area contributed by atoms with Crippen molar-refractivity contribution >= 4 is 17.5 Å². The van der Waals surface area contributed by atoms with Crippen molar-refractivity contribution in [2.24, 2.45) is 0 Å². The Labute approximate surface area is 177 Å². The fraction of sp³-hybridized carbons (Fsp3) is 0.292. The SMILES string of the molecule is CCc1ccccc1NC(=O)CN(C)C(=O)c1cnn(Cc2ccccc2)c1CC. The van der Waals surface area contributed by atoms with Crippen LogP contribution in [0.5, 0.6) is 0 Å². The molecule has 156 valence electrons. The minimum absolute atomic E-state index is 0.0239. The first-order chi connectivity index (χ1) is 14.5. The number of amides is 2. The number of carbonyl (C=O) groups is 2.